The number of carbonyl (C=O) groups excluding carboxylic acids is 1. The third-order valence-corrected chi connectivity index (χ3v) is 2.50. The lowest BCUT2D eigenvalue weighted by Gasteiger charge is -2.11. The molecule has 1 aliphatic rings. The molecule has 1 aromatic heterocycles. The van der Waals surface area contributed by atoms with Crippen molar-refractivity contribution >= 4 is 6.29 Å². The Morgan fingerprint density at radius 2 is 2.36 bits per heavy atom. The van der Waals surface area contributed by atoms with Crippen LogP contribution in [0.5, 0.6) is 0 Å². The van der Waals surface area contributed by atoms with Crippen LogP contribution in [0.15, 0.2) is 0 Å². The zero-order valence-electron chi connectivity index (χ0n) is 8.30. The molecule has 1 saturated carbocycles. The van der Waals surface area contributed by atoms with Gasteiger partial charge in [0.15, 0.2) is 12.0 Å². The second-order valence-corrected chi connectivity index (χ2v) is 3.53. The molecule has 5 nitrogen and oxygen atoms in total. The minimum atomic E-state index is -0.134. The minimum absolute atomic E-state index is 0.134. The lowest BCUT2D eigenvalue weighted by atomic mass is 10.2. The zero-order valence-corrected chi connectivity index (χ0v) is 8.30. The van der Waals surface area contributed by atoms with E-state index in [1.165, 1.54) is 0 Å². The molecule has 0 saturated heterocycles. The van der Waals surface area contributed by atoms with Crippen LogP contribution in [0.1, 0.15) is 48.1 Å². The lowest BCUT2D eigenvalue weighted by Crippen LogP contribution is -2.09. The summed E-state index contributed by atoms with van der Waals surface area (Å²) in [6.45, 7) is 1.89. The Kier molecular flexibility index (Phi) is 2.33. The molecule has 1 atom stereocenters. The van der Waals surface area contributed by atoms with Crippen LogP contribution in [0.4, 0.5) is 0 Å². The van der Waals surface area contributed by atoms with Crippen LogP contribution >= 0.6 is 0 Å². The smallest absolute Gasteiger partial charge is 0.172 e. The van der Waals surface area contributed by atoms with Gasteiger partial charge in [0.2, 0.25) is 0 Å². The predicted molar refractivity (Wildman–Crippen MR) is 49.1 cm³/mol. The molecule has 1 unspecified atom stereocenters. The highest BCUT2D eigenvalue weighted by molar-refractivity contribution is 5.73. The van der Waals surface area contributed by atoms with Crippen molar-refractivity contribution in [3.8, 4) is 0 Å². The normalized spacial score (nSPS) is 18.1. The van der Waals surface area contributed by atoms with E-state index in [4.69, 9.17) is 4.74 Å². The second kappa shape index (κ2) is 3.49. The number of rotatable bonds is 4. The molecule has 1 fully saturated rings. The highest BCUT2D eigenvalue weighted by atomic mass is 16.5. The summed E-state index contributed by atoms with van der Waals surface area (Å²) in [5.41, 5.74) is 1.19. The third-order valence-electron chi connectivity index (χ3n) is 2.50. The molecule has 1 aromatic rings. The fourth-order valence-electron chi connectivity index (χ4n) is 1.49. The average Bonchev–Trinajstić information content (AvgIpc) is 2.96. The Labute approximate surface area is 82.1 Å². The van der Waals surface area contributed by atoms with E-state index in [9.17, 15) is 4.79 Å². The van der Waals surface area contributed by atoms with Gasteiger partial charge in [-0.15, -0.1) is 5.10 Å². The fourth-order valence-corrected chi connectivity index (χ4v) is 1.49. The van der Waals surface area contributed by atoms with Gasteiger partial charge < -0.3 is 4.74 Å². The number of hydrogen-bond acceptors (Lipinski definition) is 4. The van der Waals surface area contributed by atoms with E-state index in [-0.39, 0.29) is 6.10 Å². The lowest BCUT2D eigenvalue weighted by molar-refractivity contribution is 0.105. The number of hydrogen-bond donors (Lipinski definition) is 0. The molecule has 0 aliphatic heterocycles. The van der Waals surface area contributed by atoms with Crippen LogP contribution < -0.4 is 0 Å². The summed E-state index contributed by atoms with van der Waals surface area (Å²) < 4.78 is 7.01. The maximum absolute atomic E-state index is 10.7. The van der Waals surface area contributed by atoms with Gasteiger partial charge in [-0.05, 0) is 19.8 Å². The number of methoxy groups -OCH3 is 1. The minimum Gasteiger partial charge on any atom is -0.375 e. The molecule has 0 radical (unpaired) electrons. The summed E-state index contributed by atoms with van der Waals surface area (Å²) >= 11 is 0. The number of aromatic nitrogens is 3. The first-order valence-corrected chi connectivity index (χ1v) is 4.71. The van der Waals surface area contributed by atoms with Gasteiger partial charge in [0.05, 0.1) is 17.8 Å². The van der Waals surface area contributed by atoms with E-state index in [1.54, 1.807) is 7.11 Å². The van der Waals surface area contributed by atoms with Gasteiger partial charge in [-0.25, -0.2) is 4.68 Å². The molecule has 76 valence electrons. The topological polar surface area (TPSA) is 57.0 Å². The summed E-state index contributed by atoms with van der Waals surface area (Å²) in [6, 6.07) is 0.420. The van der Waals surface area contributed by atoms with Gasteiger partial charge in [0.25, 0.3) is 0 Å². The number of aldehydes is 1. The van der Waals surface area contributed by atoms with Crippen LogP contribution in [0.3, 0.4) is 0 Å². The predicted octanol–water partition coefficient (Wildman–Crippen LogP) is 1.13. The Bertz CT molecular complexity index is 344. The van der Waals surface area contributed by atoms with Gasteiger partial charge in [0, 0.05) is 7.11 Å². The molecule has 0 N–H and O–H groups in total. The highest BCUT2D eigenvalue weighted by Gasteiger charge is 2.30. The summed E-state index contributed by atoms with van der Waals surface area (Å²) in [7, 11) is 1.61. The molecule has 0 bridgehead atoms. The van der Waals surface area contributed by atoms with Crippen molar-refractivity contribution in [3.63, 3.8) is 0 Å². The monoisotopic (exact) mass is 195 g/mol. The maximum atomic E-state index is 10.7. The first-order valence-electron chi connectivity index (χ1n) is 4.71. The Morgan fingerprint density at radius 3 is 2.86 bits per heavy atom. The standard InChI is InChI=1S/C9H13N3O2/c1-6(14-2)9-8(5-13)10-11-12(9)7-3-4-7/h5-7H,3-4H2,1-2H3. The van der Waals surface area contributed by atoms with Crippen molar-refractivity contribution in [1.82, 2.24) is 15.0 Å². The highest BCUT2D eigenvalue weighted by Crippen LogP contribution is 2.37. The molecular formula is C9H13N3O2. The van der Waals surface area contributed by atoms with Crippen LogP contribution in [-0.2, 0) is 4.74 Å². The van der Waals surface area contributed by atoms with Crippen LogP contribution in [0, 0.1) is 0 Å². The molecule has 5 heteroatoms. The van der Waals surface area contributed by atoms with E-state index in [1.807, 2.05) is 11.6 Å². The molecule has 2 rings (SSSR count). The SMILES string of the molecule is COC(C)c1c(C=O)nnn1C1CC1. The zero-order chi connectivity index (χ0) is 10.1. The number of carbonyl (C=O) groups is 1. The van der Waals surface area contributed by atoms with Gasteiger partial charge in [-0.1, -0.05) is 5.21 Å². The third kappa shape index (κ3) is 1.43. The van der Waals surface area contributed by atoms with Crippen LogP contribution in [-0.4, -0.2) is 28.4 Å². The Balaban J connectivity index is 2.39. The van der Waals surface area contributed by atoms with E-state index in [0.29, 0.717) is 11.7 Å². The summed E-state index contributed by atoms with van der Waals surface area (Å²) in [5.74, 6) is 0. The summed E-state index contributed by atoms with van der Waals surface area (Å²) in [4.78, 5) is 10.7. The van der Waals surface area contributed by atoms with E-state index in [0.717, 1.165) is 24.8 Å². The van der Waals surface area contributed by atoms with Gasteiger partial charge in [0.1, 0.15) is 0 Å². The van der Waals surface area contributed by atoms with Crippen LogP contribution in [0.25, 0.3) is 0 Å². The molecule has 0 spiro atoms. The van der Waals surface area contributed by atoms with Crippen molar-refractivity contribution in [3.05, 3.63) is 11.4 Å². The quantitative estimate of drug-likeness (QED) is 0.676. The first kappa shape index (κ1) is 9.33. The van der Waals surface area contributed by atoms with Gasteiger partial charge in [-0.2, -0.15) is 0 Å². The molecule has 0 amide bonds. The van der Waals surface area contributed by atoms with E-state index >= 15 is 0 Å². The average molecular weight is 195 g/mol. The Morgan fingerprint density at radius 1 is 1.64 bits per heavy atom. The molecule has 0 aromatic carbocycles. The van der Waals surface area contributed by atoms with Crippen molar-refractivity contribution in [1.29, 1.82) is 0 Å². The fraction of sp³-hybridized carbons (Fsp3) is 0.667. The summed E-state index contributed by atoms with van der Waals surface area (Å²) in [6.07, 6.45) is 2.83. The van der Waals surface area contributed by atoms with Crippen molar-refractivity contribution in [2.75, 3.05) is 7.11 Å². The second-order valence-electron chi connectivity index (χ2n) is 3.53. The molecule has 1 heterocycles. The van der Waals surface area contributed by atoms with Crippen molar-refractivity contribution < 1.29 is 9.53 Å². The Hall–Kier alpha value is -1.23. The molecular weight excluding hydrogens is 182 g/mol. The molecule has 14 heavy (non-hydrogen) atoms. The largest absolute Gasteiger partial charge is 0.375 e. The molecule has 1 aliphatic carbocycles. The number of nitrogens with zero attached hydrogens (tertiary/aromatic N) is 3. The van der Waals surface area contributed by atoms with Crippen molar-refractivity contribution in [2.24, 2.45) is 0 Å². The van der Waals surface area contributed by atoms with Crippen LogP contribution in [0.2, 0.25) is 0 Å². The van der Waals surface area contributed by atoms with Gasteiger partial charge >= 0.3 is 0 Å². The van der Waals surface area contributed by atoms with Crippen molar-refractivity contribution in [2.45, 2.75) is 31.9 Å². The summed E-state index contributed by atoms with van der Waals surface area (Å²) in [5, 5.41) is 7.80. The van der Waals surface area contributed by atoms with E-state index < -0.39 is 0 Å². The number of ether oxygens (including phenoxy) is 1. The van der Waals surface area contributed by atoms with Gasteiger partial charge in [-0.3, -0.25) is 4.79 Å². The first-order chi connectivity index (χ1) is 6.77. The maximum Gasteiger partial charge on any atom is 0.172 e. The van der Waals surface area contributed by atoms with E-state index in [2.05, 4.69) is 10.3 Å².